The van der Waals surface area contributed by atoms with Crippen LogP contribution in [-0.4, -0.2) is 7.11 Å². The topological polar surface area (TPSA) is 22.4 Å². The molecular formula is C10H9BrO2. The number of methoxy groups -OCH3 is 1. The molecule has 0 atom stereocenters. The molecule has 0 saturated carbocycles. The monoisotopic (exact) mass is 240 g/mol. The molecule has 0 bridgehead atoms. The van der Waals surface area contributed by atoms with Crippen molar-refractivity contribution in [3.8, 4) is 5.75 Å². The third kappa shape index (κ3) is 1.44. The second-order valence-electron chi connectivity index (χ2n) is 2.72. The molecule has 0 amide bonds. The Balaban J connectivity index is 2.67. The van der Waals surface area contributed by atoms with E-state index >= 15 is 0 Å². The Kier molecular flexibility index (Phi) is 2.27. The van der Waals surface area contributed by atoms with Crippen LogP contribution in [0.5, 0.6) is 5.75 Å². The molecule has 0 radical (unpaired) electrons. The van der Waals surface area contributed by atoms with Crippen LogP contribution in [0.15, 0.2) is 28.7 Å². The minimum Gasteiger partial charge on any atom is -0.493 e. The van der Waals surface area contributed by atoms with Gasteiger partial charge in [0.15, 0.2) is 11.3 Å². The Labute approximate surface area is 84.6 Å². The number of benzene rings is 1. The zero-order valence-electron chi connectivity index (χ0n) is 7.21. The molecule has 2 nitrogen and oxygen atoms in total. The minimum atomic E-state index is 0.727. The second-order valence-corrected chi connectivity index (χ2v) is 3.29. The number of rotatable bonds is 2. The quantitative estimate of drug-likeness (QED) is 0.752. The summed E-state index contributed by atoms with van der Waals surface area (Å²) < 4.78 is 10.7. The summed E-state index contributed by atoms with van der Waals surface area (Å²) in [6, 6.07) is 7.86. The van der Waals surface area contributed by atoms with Crippen molar-refractivity contribution in [3.63, 3.8) is 0 Å². The van der Waals surface area contributed by atoms with E-state index < -0.39 is 0 Å². The Morgan fingerprint density at radius 2 is 2.31 bits per heavy atom. The molecule has 0 unspecified atom stereocenters. The number of furan rings is 1. The highest BCUT2D eigenvalue weighted by molar-refractivity contribution is 9.08. The molecule has 2 aromatic rings. The van der Waals surface area contributed by atoms with E-state index in [0.717, 1.165) is 27.8 Å². The van der Waals surface area contributed by atoms with Crippen molar-refractivity contribution in [2.24, 2.45) is 0 Å². The van der Waals surface area contributed by atoms with Crippen LogP contribution in [0, 0.1) is 0 Å². The van der Waals surface area contributed by atoms with Crippen LogP contribution in [0.3, 0.4) is 0 Å². The van der Waals surface area contributed by atoms with Crippen molar-refractivity contribution in [3.05, 3.63) is 30.0 Å². The first-order valence-electron chi connectivity index (χ1n) is 3.96. The maximum atomic E-state index is 5.57. The van der Waals surface area contributed by atoms with E-state index in [1.807, 2.05) is 24.3 Å². The van der Waals surface area contributed by atoms with Gasteiger partial charge in [-0.3, -0.25) is 0 Å². The summed E-state index contributed by atoms with van der Waals surface area (Å²) >= 11 is 3.35. The van der Waals surface area contributed by atoms with Gasteiger partial charge in [0.1, 0.15) is 5.76 Å². The average Bonchev–Trinajstić information content (AvgIpc) is 2.59. The molecule has 0 fully saturated rings. The van der Waals surface area contributed by atoms with Crippen molar-refractivity contribution in [1.82, 2.24) is 0 Å². The van der Waals surface area contributed by atoms with E-state index in [0.29, 0.717) is 0 Å². The van der Waals surface area contributed by atoms with Gasteiger partial charge in [0.2, 0.25) is 0 Å². The Morgan fingerprint density at radius 1 is 1.46 bits per heavy atom. The number of fused-ring (bicyclic) bond motifs is 1. The second kappa shape index (κ2) is 3.42. The van der Waals surface area contributed by atoms with Gasteiger partial charge in [-0.15, -0.1) is 0 Å². The fourth-order valence-electron chi connectivity index (χ4n) is 1.32. The van der Waals surface area contributed by atoms with Gasteiger partial charge in [0, 0.05) is 5.39 Å². The molecule has 1 heterocycles. The van der Waals surface area contributed by atoms with Crippen LogP contribution >= 0.6 is 15.9 Å². The van der Waals surface area contributed by atoms with Crippen molar-refractivity contribution >= 4 is 26.9 Å². The fourth-order valence-corrected chi connectivity index (χ4v) is 1.59. The Bertz CT molecular complexity index is 420. The zero-order valence-corrected chi connectivity index (χ0v) is 8.80. The highest BCUT2D eigenvalue weighted by Crippen LogP contribution is 2.28. The molecule has 0 saturated heterocycles. The van der Waals surface area contributed by atoms with E-state index in [9.17, 15) is 0 Å². The third-order valence-electron chi connectivity index (χ3n) is 1.91. The summed E-state index contributed by atoms with van der Waals surface area (Å²) in [7, 11) is 1.64. The molecule has 0 N–H and O–H groups in total. The maximum absolute atomic E-state index is 5.57. The molecule has 13 heavy (non-hydrogen) atoms. The summed E-state index contributed by atoms with van der Waals surface area (Å²) in [5.41, 5.74) is 0.819. The Hall–Kier alpha value is -0.960. The van der Waals surface area contributed by atoms with Crippen molar-refractivity contribution in [1.29, 1.82) is 0 Å². The van der Waals surface area contributed by atoms with Crippen molar-refractivity contribution in [2.45, 2.75) is 5.33 Å². The number of hydrogen-bond acceptors (Lipinski definition) is 2. The summed E-state index contributed by atoms with van der Waals surface area (Å²) in [5, 5.41) is 1.80. The molecule has 0 aliphatic carbocycles. The SMILES string of the molecule is COc1cccc2cc(CBr)oc12. The number of alkyl halides is 1. The van der Waals surface area contributed by atoms with Gasteiger partial charge in [-0.2, -0.15) is 0 Å². The van der Waals surface area contributed by atoms with Crippen LogP contribution in [0.1, 0.15) is 5.76 Å². The van der Waals surface area contributed by atoms with Gasteiger partial charge in [0.25, 0.3) is 0 Å². The van der Waals surface area contributed by atoms with E-state index in [2.05, 4.69) is 15.9 Å². The van der Waals surface area contributed by atoms with Gasteiger partial charge in [-0.1, -0.05) is 28.1 Å². The zero-order chi connectivity index (χ0) is 9.26. The lowest BCUT2D eigenvalue weighted by Crippen LogP contribution is -1.81. The van der Waals surface area contributed by atoms with Gasteiger partial charge < -0.3 is 9.15 Å². The van der Waals surface area contributed by atoms with Crippen LogP contribution in [0.25, 0.3) is 11.0 Å². The largest absolute Gasteiger partial charge is 0.493 e. The molecule has 1 aromatic heterocycles. The molecule has 0 aliphatic heterocycles. The summed E-state index contributed by atoms with van der Waals surface area (Å²) in [6.07, 6.45) is 0. The molecule has 68 valence electrons. The van der Waals surface area contributed by atoms with E-state index in [1.165, 1.54) is 0 Å². The van der Waals surface area contributed by atoms with Gasteiger partial charge in [-0.25, -0.2) is 0 Å². The standard InChI is InChI=1S/C10H9BrO2/c1-12-9-4-2-3-7-5-8(6-11)13-10(7)9/h2-5H,6H2,1H3. The van der Waals surface area contributed by atoms with Crippen LogP contribution in [0.4, 0.5) is 0 Å². The first-order valence-corrected chi connectivity index (χ1v) is 5.08. The lowest BCUT2D eigenvalue weighted by atomic mass is 10.2. The summed E-state index contributed by atoms with van der Waals surface area (Å²) in [6.45, 7) is 0. The third-order valence-corrected chi connectivity index (χ3v) is 2.46. The van der Waals surface area contributed by atoms with E-state index in [4.69, 9.17) is 9.15 Å². The number of ether oxygens (including phenoxy) is 1. The van der Waals surface area contributed by atoms with Crippen molar-refractivity contribution < 1.29 is 9.15 Å². The van der Waals surface area contributed by atoms with Crippen molar-refractivity contribution in [2.75, 3.05) is 7.11 Å². The van der Waals surface area contributed by atoms with E-state index in [1.54, 1.807) is 7.11 Å². The predicted octanol–water partition coefficient (Wildman–Crippen LogP) is 3.34. The van der Waals surface area contributed by atoms with Gasteiger partial charge in [-0.05, 0) is 12.1 Å². The van der Waals surface area contributed by atoms with E-state index in [-0.39, 0.29) is 0 Å². The molecule has 0 aliphatic rings. The molecule has 3 heteroatoms. The van der Waals surface area contributed by atoms with Crippen LogP contribution in [-0.2, 0) is 5.33 Å². The molecule has 0 spiro atoms. The summed E-state index contributed by atoms with van der Waals surface area (Å²) in [4.78, 5) is 0. The van der Waals surface area contributed by atoms with Crippen LogP contribution < -0.4 is 4.74 Å². The fraction of sp³-hybridized carbons (Fsp3) is 0.200. The Morgan fingerprint density at radius 3 is 3.00 bits per heavy atom. The lowest BCUT2D eigenvalue weighted by Gasteiger charge is -1.98. The molecule has 2 rings (SSSR count). The van der Waals surface area contributed by atoms with Gasteiger partial charge >= 0.3 is 0 Å². The average molecular weight is 241 g/mol. The first kappa shape index (κ1) is 8.63. The normalized spacial score (nSPS) is 10.6. The summed E-state index contributed by atoms with van der Waals surface area (Å²) in [5.74, 6) is 1.70. The number of halogens is 1. The smallest absolute Gasteiger partial charge is 0.176 e. The first-order chi connectivity index (χ1) is 6.35. The van der Waals surface area contributed by atoms with Gasteiger partial charge in [0.05, 0.1) is 12.4 Å². The molecular weight excluding hydrogens is 232 g/mol. The lowest BCUT2D eigenvalue weighted by molar-refractivity contribution is 0.408. The highest BCUT2D eigenvalue weighted by Gasteiger charge is 2.06. The molecule has 1 aromatic carbocycles. The minimum absolute atomic E-state index is 0.727. The highest BCUT2D eigenvalue weighted by atomic mass is 79.9. The number of para-hydroxylation sites is 1. The van der Waals surface area contributed by atoms with Crippen LogP contribution in [0.2, 0.25) is 0 Å². The predicted molar refractivity (Wildman–Crippen MR) is 55.4 cm³/mol. The number of hydrogen-bond donors (Lipinski definition) is 0. The maximum Gasteiger partial charge on any atom is 0.176 e.